The molecular weight excluding hydrogens is 322 g/mol. The maximum absolute atomic E-state index is 12.4. The van der Waals surface area contributed by atoms with Gasteiger partial charge in [0.25, 0.3) is 5.91 Å². The van der Waals surface area contributed by atoms with E-state index < -0.39 is 17.4 Å². The van der Waals surface area contributed by atoms with Gasteiger partial charge in [0.2, 0.25) is 0 Å². The minimum absolute atomic E-state index is 0.0662. The van der Waals surface area contributed by atoms with E-state index in [0.29, 0.717) is 11.3 Å². The zero-order valence-corrected chi connectivity index (χ0v) is 13.0. The smallest absolute Gasteiger partial charge is 0.273 e. The van der Waals surface area contributed by atoms with Gasteiger partial charge in [-0.2, -0.15) is 5.10 Å². The van der Waals surface area contributed by atoms with Crippen LogP contribution in [0.25, 0.3) is 5.69 Å². The number of amides is 1. The van der Waals surface area contributed by atoms with Gasteiger partial charge in [0.05, 0.1) is 17.5 Å². The molecule has 0 radical (unpaired) electrons. The number of nitrogens with one attached hydrogen (secondary N) is 1. The third-order valence-electron chi connectivity index (χ3n) is 3.51. The number of rotatable bonds is 4. The Labute approximate surface area is 143 Å². The first kappa shape index (κ1) is 16.1. The molecule has 0 fully saturated rings. The van der Waals surface area contributed by atoms with Crippen molar-refractivity contribution in [1.82, 2.24) is 9.99 Å². The van der Waals surface area contributed by atoms with Crippen LogP contribution in [0.5, 0.6) is 17.2 Å². The number of aromatic nitrogens is 1. The highest BCUT2D eigenvalue weighted by atomic mass is 16.3. The van der Waals surface area contributed by atoms with Gasteiger partial charge in [-0.3, -0.25) is 4.79 Å². The van der Waals surface area contributed by atoms with Crippen molar-refractivity contribution in [2.45, 2.75) is 0 Å². The van der Waals surface area contributed by atoms with Crippen LogP contribution < -0.4 is 5.43 Å². The summed E-state index contributed by atoms with van der Waals surface area (Å²) in [6.07, 6.45) is 4.77. The molecule has 0 unspecified atom stereocenters. The van der Waals surface area contributed by atoms with Crippen molar-refractivity contribution in [3.63, 3.8) is 0 Å². The van der Waals surface area contributed by atoms with Gasteiger partial charge in [0, 0.05) is 24.0 Å². The Kier molecular flexibility index (Phi) is 4.38. The number of carbonyl (C=O) groups excluding carboxylic acids is 1. The van der Waals surface area contributed by atoms with Crippen molar-refractivity contribution < 1.29 is 20.1 Å². The van der Waals surface area contributed by atoms with Crippen molar-refractivity contribution in [3.8, 4) is 22.9 Å². The van der Waals surface area contributed by atoms with E-state index in [9.17, 15) is 20.1 Å². The summed E-state index contributed by atoms with van der Waals surface area (Å²) in [5.41, 5.74) is 3.53. The van der Waals surface area contributed by atoms with E-state index in [0.717, 1.165) is 12.3 Å². The average Bonchev–Trinajstić information content (AvgIpc) is 3.13. The SMILES string of the molecule is O=C(N/N=C\c1cc(O)cc(O)c1O)c1ccccc1-n1cccc1. The lowest BCUT2D eigenvalue weighted by molar-refractivity contribution is 0.0955. The van der Waals surface area contributed by atoms with E-state index in [2.05, 4.69) is 10.5 Å². The van der Waals surface area contributed by atoms with Crippen LogP contribution in [-0.2, 0) is 0 Å². The maximum atomic E-state index is 12.4. The molecule has 126 valence electrons. The fourth-order valence-corrected chi connectivity index (χ4v) is 2.33. The van der Waals surface area contributed by atoms with E-state index in [-0.39, 0.29) is 11.3 Å². The lowest BCUT2D eigenvalue weighted by Crippen LogP contribution is -2.19. The molecule has 4 N–H and O–H groups in total. The number of hydrogen-bond donors (Lipinski definition) is 4. The van der Waals surface area contributed by atoms with E-state index in [4.69, 9.17) is 0 Å². The van der Waals surface area contributed by atoms with Gasteiger partial charge in [0.15, 0.2) is 11.5 Å². The Morgan fingerprint density at radius 3 is 2.52 bits per heavy atom. The van der Waals surface area contributed by atoms with Gasteiger partial charge in [-0.05, 0) is 30.3 Å². The zero-order valence-electron chi connectivity index (χ0n) is 13.0. The molecule has 2 aromatic carbocycles. The average molecular weight is 337 g/mol. The topological polar surface area (TPSA) is 107 Å². The molecule has 7 heteroatoms. The number of phenolic OH excluding ortho intramolecular Hbond substituents is 3. The van der Waals surface area contributed by atoms with Gasteiger partial charge in [-0.25, -0.2) is 5.43 Å². The molecule has 1 amide bonds. The lowest BCUT2D eigenvalue weighted by atomic mass is 10.1. The molecule has 0 atom stereocenters. The minimum atomic E-state index is -0.481. The van der Waals surface area contributed by atoms with Crippen molar-refractivity contribution in [2.75, 3.05) is 0 Å². The lowest BCUT2D eigenvalue weighted by Gasteiger charge is -2.09. The number of phenols is 3. The molecule has 0 aliphatic rings. The predicted molar refractivity (Wildman–Crippen MR) is 92.3 cm³/mol. The molecule has 0 saturated heterocycles. The summed E-state index contributed by atoms with van der Waals surface area (Å²) >= 11 is 0. The summed E-state index contributed by atoms with van der Waals surface area (Å²) in [6, 6.07) is 12.9. The minimum Gasteiger partial charge on any atom is -0.508 e. The second-order valence-electron chi connectivity index (χ2n) is 5.21. The van der Waals surface area contributed by atoms with Crippen molar-refractivity contribution in [2.24, 2.45) is 5.10 Å². The monoisotopic (exact) mass is 337 g/mol. The molecule has 0 aliphatic carbocycles. The molecule has 0 aliphatic heterocycles. The highest BCUT2D eigenvalue weighted by Crippen LogP contribution is 2.31. The molecule has 0 spiro atoms. The molecule has 1 heterocycles. The van der Waals surface area contributed by atoms with Crippen LogP contribution in [0, 0.1) is 0 Å². The largest absolute Gasteiger partial charge is 0.508 e. The predicted octanol–water partition coefficient (Wildman–Crippen LogP) is 2.36. The van der Waals surface area contributed by atoms with E-state index in [1.54, 1.807) is 22.8 Å². The number of benzene rings is 2. The van der Waals surface area contributed by atoms with E-state index in [1.165, 1.54) is 6.07 Å². The van der Waals surface area contributed by atoms with Gasteiger partial charge in [-0.15, -0.1) is 0 Å². The number of aromatic hydroxyl groups is 3. The molecular formula is C18H15N3O4. The van der Waals surface area contributed by atoms with Crippen molar-refractivity contribution in [1.29, 1.82) is 0 Å². The molecule has 3 aromatic rings. The van der Waals surface area contributed by atoms with Crippen LogP contribution >= 0.6 is 0 Å². The summed E-state index contributed by atoms with van der Waals surface area (Å²) in [5, 5.41) is 32.3. The number of carbonyl (C=O) groups is 1. The molecule has 7 nitrogen and oxygen atoms in total. The second-order valence-corrected chi connectivity index (χ2v) is 5.21. The number of hydrogen-bond acceptors (Lipinski definition) is 5. The first-order valence-corrected chi connectivity index (χ1v) is 7.37. The summed E-state index contributed by atoms with van der Waals surface area (Å²) in [5.74, 6) is -1.60. The first-order chi connectivity index (χ1) is 12.1. The van der Waals surface area contributed by atoms with Gasteiger partial charge in [-0.1, -0.05) is 12.1 Å². The summed E-state index contributed by atoms with van der Waals surface area (Å²) in [6.45, 7) is 0. The Bertz CT molecular complexity index is 933. The maximum Gasteiger partial charge on any atom is 0.273 e. The summed E-state index contributed by atoms with van der Waals surface area (Å²) in [7, 11) is 0. The molecule has 25 heavy (non-hydrogen) atoms. The third kappa shape index (κ3) is 3.45. The van der Waals surface area contributed by atoms with Gasteiger partial charge < -0.3 is 19.9 Å². The summed E-state index contributed by atoms with van der Waals surface area (Å²) in [4.78, 5) is 12.4. The molecule has 3 rings (SSSR count). The Balaban J connectivity index is 1.81. The standard InChI is InChI=1S/C18H15N3O4/c22-13-9-12(17(24)16(23)10-13)11-19-20-18(25)14-5-1-2-6-15(14)21-7-3-4-8-21/h1-11,22-24H,(H,20,25)/b19-11-. The first-order valence-electron chi connectivity index (χ1n) is 7.37. The van der Waals surface area contributed by atoms with Crippen molar-refractivity contribution >= 4 is 12.1 Å². The third-order valence-corrected chi connectivity index (χ3v) is 3.51. The molecule has 0 saturated carbocycles. The highest BCUT2D eigenvalue weighted by Gasteiger charge is 2.11. The van der Waals surface area contributed by atoms with Gasteiger partial charge >= 0.3 is 0 Å². The fourth-order valence-electron chi connectivity index (χ4n) is 2.33. The molecule has 0 bridgehead atoms. The Morgan fingerprint density at radius 1 is 1.04 bits per heavy atom. The van der Waals surface area contributed by atoms with Crippen molar-refractivity contribution in [3.05, 3.63) is 72.1 Å². The van der Waals surface area contributed by atoms with Crippen LogP contribution in [0.15, 0.2) is 66.0 Å². The summed E-state index contributed by atoms with van der Waals surface area (Å²) < 4.78 is 1.80. The Hall–Kier alpha value is -3.74. The van der Waals surface area contributed by atoms with Crippen LogP contribution in [0.3, 0.4) is 0 Å². The zero-order chi connectivity index (χ0) is 17.8. The van der Waals surface area contributed by atoms with Crippen LogP contribution in [0.4, 0.5) is 0 Å². The highest BCUT2D eigenvalue weighted by molar-refractivity contribution is 5.98. The fraction of sp³-hybridized carbons (Fsp3) is 0. The van der Waals surface area contributed by atoms with Crippen LogP contribution in [0.2, 0.25) is 0 Å². The molecule has 1 aromatic heterocycles. The van der Waals surface area contributed by atoms with E-state index >= 15 is 0 Å². The number of para-hydroxylation sites is 1. The normalized spacial score (nSPS) is 10.9. The number of hydrazone groups is 1. The van der Waals surface area contributed by atoms with E-state index in [1.807, 2.05) is 30.6 Å². The van der Waals surface area contributed by atoms with Crippen LogP contribution in [0.1, 0.15) is 15.9 Å². The quantitative estimate of drug-likeness (QED) is 0.254. The van der Waals surface area contributed by atoms with Gasteiger partial charge in [0.1, 0.15) is 5.75 Å². The second kappa shape index (κ2) is 6.79. The Morgan fingerprint density at radius 2 is 1.76 bits per heavy atom. The number of nitrogens with zero attached hydrogens (tertiary/aromatic N) is 2. The van der Waals surface area contributed by atoms with Crippen LogP contribution in [-0.4, -0.2) is 32.0 Å².